The highest BCUT2D eigenvalue weighted by Crippen LogP contribution is 2.51. The van der Waals surface area contributed by atoms with E-state index in [1.807, 2.05) is 45.2 Å². The van der Waals surface area contributed by atoms with Gasteiger partial charge in [-0.3, -0.25) is 14.9 Å². The Balaban J connectivity index is 1.72. The molecule has 0 spiro atoms. The van der Waals surface area contributed by atoms with Crippen LogP contribution in [0.25, 0.3) is 0 Å². The van der Waals surface area contributed by atoms with E-state index in [2.05, 4.69) is 5.32 Å². The number of anilines is 1. The number of hydrogen-bond acceptors (Lipinski definition) is 11. The Morgan fingerprint density at radius 1 is 1.27 bits per heavy atom. The fraction of sp³-hybridized carbons (Fsp3) is 0.622. The summed E-state index contributed by atoms with van der Waals surface area (Å²) in [5.74, 6) is -1.21. The minimum Gasteiger partial charge on any atom is -0.495 e. The Hall–Kier alpha value is -3.30. The molecule has 3 aliphatic heterocycles. The molecule has 8 atom stereocenters. The van der Waals surface area contributed by atoms with Gasteiger partial charge in [-0.05, 0) is 51.1 Å². The summed E-state index contributed by atoms with van der Waals surface area (Å²) < 4.78 is 29.0. The third-order valence-electron chi connectivity index (χ3n) is 10.4. The molecule has 13 nitrogen and oxygen atoms in total. The smallest absolute Gasteiger partial charge is 0.409 e. The minimum absolute atomic E-state index is 0.0126. The van der Waals surface area contributed by atoms with Gasteiger partial charge in [0.15, 0.2) is 5.72 Å². The number of esters is 1. The van der Waals surface area contributed by atoms with Crippen LogP contribution in [0.1, 0.15) is 52.5 Å². The first-order valence-electron chi connectivity index (χ1n) is 17.3. The predicted octanol–water partition coefficient (Wildman–Crippen LogP) is 4.52. The molecule has 1 aromatic rings. The number of benzene rings is 1. The Bertz CT molecular complexity index is 1570. The summed E-state index contributed by atoms with van der Waals surface area (Å²) in [7, 11) is 6.13. The topological polar surface area (TPSA) is 156 Å². The molecule has 0 aliphatic carbocycles. The van der Waals surface area contributed by atoms with E-state index in [0.29, 0.717) is 23.6 Å². The molecule has 4 bridgehead atoms. The fourth-order valence-corrected chi connectivity index (χ4v) is 7.53. The lowest BCUT2D eigenvalue weighted by atomic mass is 9.80. The number of alkyl carbamates (subject to hydrolysis) is 1. The highest BCUT2D eigenvalue weighted by Gasteiger charge is 2.63. The first-order valence-corrected chi connectivity index (χ1v) is 19.1. The number of thioether (sulfide) groups is 1. The van der Waals surface area contributed by atoms with Crippen molar-refractivity contribution < 1.29 is 48.0 Å². The van der Waals surface area contributed by atoms with Crippen LogP contribution < -0.4 is 15.0 Å². The van der Waals surface area contributed by atoms with Gasteiger partial charge in [0, 0.05) is 58.1 Å². The molecule has 3 heterocycles. The van der Waals surface area contributed by atoms with Crippen LogP contribution in [0, 0.1) is 11.8 Å². The maximum Gasteiger partial charge on any atom is 0.409 e. The number of nitrogens with zero attached hydrogens (tertiary/aromatic N) is 2. The molecular weight excluding hydrogens is 714 g/mol. The first-order chi connectivity index (χ1) is 24.5. The Labute approximate surface area is 315 Å². The second kappa shape index (κ2) is 17.2. The van der Waals surface area contributed by atoms with Crippen LogP contribution in [0.4, 0.5) is 10.5 Å². The van der Waals surface area contributed by atoms with E-state index >= 15 is 0 Å². The van der Waals surface area contributed by atoms with E-state index < -0.39 is 59.6 Å². The first kappa shape index (κ1) is 41.5. The SMILES string of the molecule is COc1cc2cc(c1Cl)N(C)C(=O)CC(COC(=O)[C@H](C)N(C)C(=O)CCSC)C1(C)OC1C(C)C1CC(O)(NC(=O)O1)C(OC)/C=C/C=C(\C)C2. The van der Waals surface area contributed by atoms with Gasteiger partial charge in [0.25, 0.3) is 0 Å². The van der Waals surface area contributed by atoms with Gasteiger partial charge in [-0.2, -0.15) is 11.8 Å². The van der Waals surface area contributed by atoms with Crippen molar-refractivity contribution in [3.8, 4) is 5.75 Å². The van der Waals surface area contributed by atoms with Gasteiger partial charge >= 0.3 is 12.1 Å². The van der Waals surface area contributed by atoms with Gasteiger partial charge in [0.2, 0.25) is 11.8 Å². The number of amides is 3. The molecule has 2 fully saturated rings. The zero-order valence-electron chi connectivity index (χ0n) is 31.4. The molecule has 0 radical (unpaired) electrons. The highest BCUT2D eigenvalue weighted by molar-refractivity contribution is 7.98. The summed E-state index contributed by atoms with van der Waals surface area (Å²) in [6.07, 6.45) is 4.80. The number of aliphatic hydroxyl groups is 1. The molecule has 3 aliphatic rings. The van der Waals surface area contributed by atoms with E-state index in [4.69, 9.17) is 35.3 Å². The van der Waals surface area contributed by atoms with Crippen molar-refractivity contribution in [3.05, 3.63) is 46.5 Å². The normalized spacial score (nSPS) is 31.6. The van der Waals surface area contributed by atoms with Gasteiger partial charge in [0.1, 0.15) is 29.0 Å². The Kier molecular flexibility index (Phi) is 13.7. The van der Waals surface area contributed by atoms with Crippen molar-refractivity contribution in [3.63, 3.8) is 0 Å². The lowest BCUT2D eigenvalue weighted by Crippen LogP contribution is -2.63. The lowest BCUT2D eigenvalue weighted by molar-refractivity contribution is -0.155. The molecule has 3 amide bonds. The van der Waals surface area contributed by atoms with Crippen LogP contribution in [-0.2, 0) is 39.8 Å². The van der Waals surface area contributed by atoms with E-state index in [1.165, 1.54) is 35.8 Å². The van der Waals surface area contributed by atoms with Crippen LogP contribution in [0.3, 0.4) is 0 Å². The maximum absolute atomic E-state index is 14.1. The van der Waals surface area contributed by atoms with Crippen LogP contribution in [0.5, 0.6) is 5.75 Å². The molecule has 0 aromatic heterocycles. The van der Waals surface area contributed by atoms with Crippen molar-refractivity contribution in [1.82, 2.24) is 10.2 Å². The van der Waals surface area contributed by atoms with Crippen LogP contribution in [-0.4, -0.2) is 116 Å². The number of rotatable bonds is 9. The van der Waals surface area contributed by atoms with Crippen molar-refractivity contribution in [2.75, 3.05) is 51.8 Å². The monoisotopic (exact) mass is 765 g/mol. The summed E-state index contributed by atoms with van der Waals surface area (Å²) in [6, 6.07) is 2.78. The number of ether oxygens (including phenoxy) is 5. The van der Waals surface area contributed by atoms with E-state index in [9.17, 15) is 24.3 Å². The minimum atomic E-state index is -1.79. The quantitative estimate of drug-likeness (QED) is 0.269. The fourth-order valence-electron chi connectivity index (χ4n) is 6.84. The highest BCUT2D eigenvalue weighted by atomic mass is 35.5. The summed E-state index contributed by atoms with van der Waals surface area (Å²) in [4.78, 5) is 55.7. The number of carbonyl (C=O) groups is 4. The van der Waals surface area contributed by atoms with Crippen LogP contribution >= 0.6 is 23.4 Å². The zero-order chi connectivity index (χ0) is 38.5. The molecule has 4 rings (SSSR count). The number of epoxide rings is 1. The zero-order valence-corrected chi connectivity index (χ0v) is 33.0. The number of halogens is 1. The van der Waals surface area contributed by atoms with Gasteiger partial charge in [-0.15, -0.1) is 0 Å². The van der Waals surface area contributed by atoms with Crippen molar-refractivity contribution in [2.45, 2.75) is 89.1 Å². The number of fused-ring (bicyclic) bond motifs is 5. The molecule has 2 saturated heterocycles. The van der Waals surface area contributed by atoms with Crippen LogP contribution in [0.15, 0.2) is 35.9 Å². The molecule has 2 N–H and O–H groups in total. The van der Waals surface area contributed by atoms with Crippen molar-refractivity contribution in [1.29, 1.82) is 0 Å². The number of likely N-dealkylation sites (N-methyl/N-ethyl adjacent to an activating group) is 1. The molecule has 7 unspecified atom stereocenters. The van der Waals surface area contributed by atoms with E-state index in [-0.39, 0.29) is 42.7 Å². The number of methoxy groups -OCH3 is 2. The van der Waals surface area contributed by atoms with Crippen LogP contribution in [0.2, 0.25) is 5.02 Å². The van der Waals surface area contributed by atoms with Crippen molar-refractivity contribution in [2.24, 2.45) is 11.8 Å². The number of allylic oxidation sites excluding steroid dienone is 3. The summed E-state index contributed by atoms with van der Waals surface area (Å²) in [6.45, 7) is 7.01. The molecule has 0 saturated carbocycles. The van der Waals surface area contributed by atoms with Gasteiger partial charge in [0.05, 0.1) is 31.1 Å². The van der Waals surface area contributed by atoms with Gasteiger partial charge in [-0.1, -0.05) is 42.3 Å². The molecule has 288 valence electrons. The van der Waals surface area contributed by atoms with E-state index in [0.717, 1.165) is 11.1 Å². The van der Waals surface area contributed by atoms with Gasteiger partial charge in [-0.25, -0.2) is 9.59 Å². The second-order valence-corrected chi connectivity index (χ2v) is 15.4. The standard InChI is InChI=1S/C37H52ClN3O10S/c1-21-11-10-12-29(48-8)37(46)19-28(50-35(45)39-37)22(2)33-36(4,51-33)25(20-49-34(44)23(3)40(5)30(42)13-14-52-9)18-31(43)41(6)26-16-24(15-21)17-27(47-7)32(26)38/h10-12,16-17,22-23,25,28-29,33,46H,13-15,18-20H2,1-9H3,(H,39,45)/b12-10+,21-11+/t22?,23-,25?,28?,29?,33?,36?,37?/m0/s1. The predicted molar refractivity (Wildman–Crippen MR) is 199 cm³/mol. The average molecular weight is 766 g/mol. The largest absolute Gasteiger partial charge is 0.495 e. The molecule has 52 heavy (non-hydrogen) atoms. The Morgan fingerprint density at radius 3 is 2.63 bits per heavy atom. The van der Waals surface area contributed by atoms with Crippen molar-refractivity contribution >= 4 is 52.9 Å². The second-order valence-electron chi connectivity index (χ2n) is 14.0. The summed E-state index contributed by atoms with van der Waals surface area (Å²) >= 11 is 8.30. The number of nitrogens with one attached hydrogen (secondary N) is 1. The van der Waals surface area contributed by atoms with E-state index in [1.54, 1.807) is 33.2 Å². The summed E-state index contributed by atoms with van der Waals surface area (Å²) in [5.41, 5.74) is -0.572. The molecule has 15 heteroatoms. The summed E-state index contributed by atoms with van der Waals surface area (Å²) in [5, 5.41) is 14.5. The number of carbonyl (C=O) groups excluding carboxylic acids is 4. The third-order valence-corrected chi connectivity index (χ3v) is 11.4. The lowest BCUT2D eigenvalue weighted by Gasteiger charge is -2.42. The third kappa shape index (κ3) is 9.25. The van der Waals surface area contributed by atoms with Gasteiger partial charge < -0.3 is 38.6 Å². The average Bonchev–Trinajstić information content (AvgIpc) is 3.80. The maximum atomic E-state index is 14.1. The molecule has 1 aromatic carbocycles. The number of hydrogen-bond donors (Lipinski definition) is 2. The molecular formula is C37H52ClN3O10S. The Morgan fingerprint density at radius 2 is 1.98 bits per heavy atom.